The molecular weight excluding hydrogens is 263 g/mol. The number of rotatable bonds is 2. The highest BCUT2D eigenvalue weighted by Crippen LogP contribution is 2.23. The van der Waals surface area contributed by atoms with Crippen LogP contribution >= 0.6 is 0 Å². The Morgan fingerprint density at radius 2 is 1.14 bits per heavy atom. The van der Waals surface area contributed by atoms with Crippen LogP contribution in [0.2, 0.25) is 0 Å². The maximum atomic E-state index is 12.9. The molecule has 0 unspecified atom stereocenters. The van der Waals surface area contributed by atoms with E-state index in [0.717, 1.165) is 22.3 Å². The highest BCUT2D eigenvalue weighted by Gasteiger charge is 2.02. The van der Waals surface area contributed by atoms with E-state index in [-0.39, 0.29) is 13.2 Å². The lowest BCUT2D eigenvalue weighted by Gasteiger charge is -2.04. The average molecular weight is 280 g/mol. The molecule has 0 N–H and O–H groups in total. The van der Waals surface area contributed by atoms with Crippen molar-refractivity contribution in [3.63, 3.8) is 0 Å². The largest absolute Gasteiger partial charge is 0.236 e. The molecule has 2 nitrogen and oxygen atoms in total. The van der Waals surface area contributed by atoms with Gasteiger partial charge in [-0.3, -0.25) is 0 Å². The number of aromatic nitrogens is 2. The van der Waals surface area contributed by atoms with Crippen molar-refractivity contribution in [2.24, 2.45) is 0 Å². The van der Waals surface area contributed by atoms with Crippen LogP contribution in [0.15, 0.2) is 60.9 Å². The molecule has 0 amide bonds. The van der Waals surface area contributed by atoms with E-state index in [0.29, 0.717) is 5.82 Å². The summed E-state index contributed by atoms with van der Waals surface area (Å²) >= 11 is 0. The Labute approximate surface area is 124 Å². The summed E-state index contributed by atoms with van der Waals surface area (Å²) in [4.78, 5) is 8.60. The minimum Gasteiger partial charge on any atom is -0.236 e. The molecule has 3 heteroatoms. The zero-order valence-corrected chi connectivity index (χ0v) is 11.0. The quantitative estimate of drug-likeness (QED) is 0.667. The number of nitrogens with zero attached hydrogens (tertiary/aromatic N) is 2. The molecule has 0 aliphatic carbocycles. The van der Waals surface area contributed by atoms with Crippen molar-refractivity contribution in [3.05, 3.63) is 72.3 Å². The molecule has 0 fully saturated rings. The van der Waals surface area contributed by atoms with Crippen molar-refractivity contribution < 1.29 is 4.39 Å². The molecule has 1 aromatic heterocycles. The topological polar surface area (TPSA) is 25.8 Å². The summed E-state index contributed by atoms with van der Waals surface area (Å²) in [6, 6.07) is 14.4. The van der Waals surface area contributed by atoms with Crippen molar-refractivity contribution in [3.8, 4) is 22.5 Å². The summed E-state index contributed by atoms with van der Waals surface area (Å²) in [6.07, 6.45) is 3.60. The molecule has 21 heavy (non-hydrogen) atoms. The molecule has 0 radical (unpaired) electrons. The van der Waals surface area contributed by atoms with E-state index in [1.165, 1.54) is 12.1 Å². The third-order valence-electron chi connectivity index (χ3n) is 3.10. The maximum absolute atomic E-state index is 12.9. The Morgan fingerprint density at radius 1 is 0.714 bits per heavy atom. The molecule has 0 aliphatic rings. The first-order valence-corrected chi connectivity index (χ1v) is 6.37. The third kappa shape index (κ3) is 3.31. The number of halogens is 1. The Hall–Kier alpha value is -2.55. The van der Waals surface area contributed by atoms with E-state index >= 15 is 0 Å². The van der Waals surface area contributed by atoms with Crippen LogP contribution in [-0.4, -0.2) is 9.97 Å². The molecule has 1 heterocycles. The van der Waals surface area contributed by atoms with Crippen molar-refractivity contribution in [1.82, 2.24) is 9.97 Å². The van der Waals surface area contributed by atoms with Gasteiger partial charge in [0.2, 0.25) is 0 Å². The van der Waals surface area contributed by atoms with E-state index in [1.807, 2.05) is 31.2 Å². The third-order valence-corrected chi connectivity index (χ3v) is 3.10. The molecular formula is C18H17FN2. The van der Waals surface area contributed by atoms with E-state index < -0.39 is 0 Å². The summed E-state index contributed by atoms with van der Waals surface area (Å²) in [6.45, 7) is 1.96. The summed E-state index contributed by atoms with van der Waals surface area (Å²) in [5.41, 5.74) is 4.04. The number of aryl methyl sites for hydroxylation is 1. The predicted molar refractivity (Wildman–Crippen MR) is 84.3 cm³/mol. The van der Waals surface area contributed by atoms with Gasteiger partial charge in [0.05, 0.1) is 0 Å². The Kier molecular flexibility index (Phi) is 4.43. The monoisotopic (exact) mass is 280 g/mol. The van der Waals surface area contributed by atoms with Gasteiger partial charge in [-0.25, -0.2) is 14.4 Å². The molecule has 0 saturated heterocycles. The summed E-state index contributed by atoms with van der Waals surface area (Å²) in [5, 5.41) is 0. The standard InChI is InChI=1S/C17H13FN2.CH4/c1-12-10-19-17(20-11-12)15-4-2-13(3-5-15)14-6-8-16(18)9-7-14;/h2-11H,1H3;1H4. The van der Waals surface area contributed by atoms with Crippen molar-refractivity contribution in [2.75, 3.05) is 0 Å². The first kappa shape index (κ1) is 14.9. The van der Waals surface area contributed by atoms with Gasteiger partial charge in [0, 0.05) is 18.0 Å². The Balaban J connectivity index is 0.00000161. The van der Waals surface area contributed by atoms with Gasteiger partial charge >= 0.3 is 0 Å². The van der Waals surface area contributed by atoms with E-state index in [1.54, 1.807) is 24.5 Å². The fourth-order valence-corrected chi connectivity index (χ4v) is 2.00. The minimum absolute atomic E-state index is 0. The Morgan fingerprint density at radius 3 is 1.67 bits per heavy atom. The van der Waals surface area contributed by atoms with Gasteiger partial charge in [-0.15, -0.1) is 0 Å². The first-order chi connectivity index (χ1) is 9.72. The van der Waals surface area contributed by atoms with Crippen LogP contribution in [-0.2, 0) is 0 Å². The average Bonchev–Trinajstić information content (AvgIpc) is 2.49. The molecule has 0 atom stereocenters. The molecule has 3 aromatic rings. The van der Waals surface area contributed by atoms with Crippen LogP contribution in [0.3, 0.4) is 0 Å². The van der Waals surface area contributed by atoms with Crippen LogP contribution < -0.4 is 0 Å². The second-order valence-corrected chi connectivity index (χ2v) is 4.67. The van der Waals surface area contributed by atoms with Crippen molar-refractivity contribution >= 4 is 0 Å². The van der Waals surface area contributed by atoms with Crippen LogP contribution in [0.25, 0.3) is 22.5 Å². The summed E-state index contributed by atoms with van der Waals surface area (Å²) in [7, 11) is 0. The Bertz CT molecular complexity index is 637. The van der Waals surface area contributed by atoms with Crippen molar-refractivity contribution in [2.45, 2.75) is 14.4 Å². The fraction of sp³-hybridized carbons (Fsp3) is 0.111. The molecule has 0 saturated carbocycles. The second-order valence-electron chi connectivity index (χ2n) is 4.67. The summed E-state index contributed by atoms with van der Waals surface area (Å²) in [5.74, 6) is 0.486. The van der Waals surface area contributed by atoms with Crippen molar-refractivity contribution in [1.29, 1.82) is 0 Å². The summed E-state index contributed by atoms with van der Waals surface area (Å²) < 4.78 is 12.9. The molecule has 0 aliphatic heterocycles. The van der Waals surface area contributed by atoms with Gasteiger partial charge in [-0.1, -0.05) is 43.8 Å². The fourth-order valence-electron chi connectivity index (χ4n) is 2.00. The molecule has 0 bridgehead atoms. The van der Waals surface area contributed by atoms with Crippen LogP contribution in [0.5, 0.6) is 0 Å². The normalized spacial score (nSPS) is 10.0. The highest BCUT2D eigenvalue weighted by molar-refractivity contribution is 5.67. The number of hydrogen-bond donors (Lipinski definition) is 0. The van der Waals surface area contributed by atoms with Gasteiger partial charge < -0.3 is 0 Å². The second kappa shape index (κ2) is 6.27. The molecule has 0 spiro atoms. The van der Waals surface area contributed by atoms with E-state index in [4.69, 9.17) is 0 Å². The highest BCUT2D eigenvalue weighted by atomic mass is 19.1. The maximum Gasteiger partial charge on any atom is 0.159 e. The first-order valence-electron chi connectivity index (χ1n) is 6.37. The lowest BCUT2D eigenvalue weighted by molar-refractivity contribution is 0.628. The smallest absolute Gasteiger partial charge is 0.159 e. The molecule has 106 valence electrons. The zero-order valence-electron chi connectivity index (χ0n) is 11.0. The lowest BCUT2D eigenvalue weighted by atomic mass is 10.0. The van der Waals surface area contributed by atoms with Gasteiger partial charge in [-0.05, 0) is 35.7 Å². The van der Waals surface area contributed by atoms with Crippen LogP contribution in [0, 0.1) is 12.7 Å². The van der Waals surface area contributed by atoms with Gasteiger partial charge in [0.15, 0.2) is 5.82 Å². The van der Waals surface area contributed by atoms with E-state index in [2.05, 4.69) is 9.97 Å². The minimum atomic E-state index is -0.224. The van der Waals surface area contributed by atoms with Gasteiger partial charge in [-0.2, -0.15) is 0 Å². The molecule has 2 aromatic carbocycles. The molecule has 3 rings (SSSR count). The van der Waals surface area contributed by atoms with E-state index in [9.17, 15) is 4.39 Å². The van der Waals surface area contributed by atoms with Crippen LogP contribution in [0.1, 0.15) is 13.0 Å². The predicted octanol–water partition coefficient (Wildman–Crippen LogP) is 4.89. The van der Waals surface area contributed by atoms with Gasteiger partial charge in [0.25, 0.3) is 0 Å². The number of hydrogen-bond acceptors (Lipinski definition) is 2. The van der Waals surface area contributed by atoms with Crippen LogP contribution in [0.4, 0.5) is 4.39 Å². The number of benzene rings is 2. The zero-order chi connectivity index (χ0) is 13.9. The lowest BCUT2D eigenvalue weighted by Crippen LogP contribution is -1.89. The SMILES string of the molecule is C.Cc1cnc(-c2ccc(-c3ccc(F)cc3)cc2)nc1. The van der Waals surface area contributed by atoms with Gasteiger partial charge in [0.1, 0.15) is 5.82 Å².